The Kier molecular flexibility index (Phi) is 3.68. The summed E-state index contributed by atoms with van der Waals surface area (Å²) >= 11 is 0. The summed E-state index contributed by atoms with van der Waals surface area (Å²) in [6.45, 7) is 1.64. The molecule has 1 saturated heterocycles. The molecule has 3 atom stereocenters. The molecule has 1 fully saturated rings. The van der Waals surface area contributed by atoms with Crippen LogP contribution in [-0.4, -0.2) is 17.2 Å². The lowest BCUT2D eigenvalue weighted by Gasteiger charge is -2.23. The van der Waals surface area contributed by atoms with Crippen LogP contribution in [0.5, 0.6) is 0 Å². The Bertz CT molecular complexity index is 688. The van der Waals surface area contributed by atoms with Gasteiger partial charge in [-0.3, -0.25) is 0 Å². The van der Waals surface area contributed by atoms with Crippen LogP contribution in [0, 0.1) is 5.82 Å². The molecule has 1 aliphatic rings. The number of halogens is 1. The molecule has 2 aromatic carbocycles. The second-order valence-electron chi connectivity index (χ2n) is 5.25. The molecular formula is C17H15FO4. The third kappa shape index (κ3) is 2.49. The lowest BCUT2D eigenvalue weighted by molar-refractivity contribution is -0.179. The highest BCUT2D eigenvalue weighted by Crippen LogP contribution is 2.44. The van der Waals surface area contributed by atoms with E-state index in [0.29, 0.717) is 5.56 Å². The first kappa shape index (κ1) is 14.7. The molecule has 1 heterocycles. The van der Waals surface area contributed by atoms with Crippen LogP contribution in [0.3, 0.4) is 0 Å². The second kappa shape index (κ2) is 5.51. The van der Waals surface area contributed by atoms with Crippen LogP contribution in [0.2, 0.25) is 0 Å². The molecule has 0 spiro atoms. The van der Waals surface area contributed by atoms with Gasteiger partial charge in [-0.15, -0.1) is 0 Å². The SMILES string of the molecule is CC1(c2ccccc2)O[C@@H](C(=O)O)[C@H](c2ccccc2F)O1. The van der Waals surface area contributed by atoms with E-state index in [1.165, 1.54) is 12.1 Å². The molecule has 0 aliphatic carbocycles. The fourth-order valence-corrected chi connectivity index (χ4v) is 2.63. The third-order valence-corrected chi connectivity index (χ3v) is 3.73. The summed E-state index contributed by atoms with van der Waals surface area (Å²) < 4.78 is 25.5. The van der Waals surface area contributed by atoms with Crippen LogP contribution in [0.25, 0.3) is 0 Å². The number of ether oxygens (including phenoxy) is 2. The molecular weight excluding hydrogens is 287 g/mol. The molecule has 22 heavy (non-hydrogen) atoms. The van der Waals surface area contributed by atoms with Gasteiger partial charge >= 0.3 is 5.97 Å². The van der Waals surface area contributed by atoms with Crippen LogP contribution in [-0.2, 0) is 20.1 Å². The van der Waals surface area contributed by atoms with E-state index in [-0.39, 0.29) is 5.56 Å². The minimum Gasteiger partial charge on any atom is -0.479 e. The van der Waals surface area contributed by atoms with Crippen molar-refractivity contribution in [2.75, 3.05) is 0 Å². The predicted octanol–water partition coefficient (Wildman–Crippen LogP) is 3.24. The number of carbonyl (C=O) groups is 1. The summed E-state index contributed by atoms with van der Waals surface area (Å²) in [7, 11) is 0. The maximum absolute atomic E-state index is 14.0. The van der Waals surface area contributed by atoms with Gasteiger partial charge in [0.1, 0.15) is 11.9 Å². The number of hydrogen-bond acceptors (Lipinski definition) is 3. The topological polar surface area (TPSA) is 55.8 Å². The smallest absolute Gasteiger partial charge is 0.336 e. The van der Waals surface area contributed by atoms with E-state index in [4.69, 9.17) is 9.47 Å². The number of hydrogen-bond donors (Lipinski definition) is 1. The van der Waals surface area contributed by atoms with Gasteiger partial charge < -0.3 is 14.6 Å². The zero-order valence-electron chi connectivity index (χ0n) is 11.9. The largest absolute Gasteiger partial charge is 0.479 e. The van der Waals surface area contributed by atoms with Crippen LogP contribution < -0.4 is 0 Å². The van der Waals surface area contributed by atoms with Crippen molar-refractivity contribution in [1.29, 1.82) is 0 Å². The van der Waals surface area contributed by atoms with E-state index in [0.717, 1.165) is 0 Å². The van der Waals surface area contributed by atoms with Crippen molar-refractivity contribution in [2.24, 2.45) is 0 Å². The Morgan fingerprint density at radius 3 is 2.36 bits per heavy atom. The molecule has 0 amide bonds. The standard InChI is InChI=1S/C17H15FO4/c1-17(11-7-3-2-4-8-11)21-14(15(22-17)16(19)20)12-9-5-6-10-13(12)18/h2-10,14-15H,1H3,(H,19,20)/t14-,15+,17?/m0/s1. The molecule has 114 valence electrons. The Balaban J connectivity index is 2.01. The summed E-state index contributed by atoms with van der Waals surface area (Å²) in [5.41, 5.74) is 0.856. The van der Waals surface area contributed by atoms with E-state index >= 15 is 0 Å². The van der Waals surface area contributed by atoms with E-state index in [9.17, 15) is 14.3 Å². The van der Waals surface area contributed by atoms with Crippen molar-refractivity contribution >= 4 is 5.97 Å². The second-order valence-corrected chi connectivity index (χ2v) is 5.25. The predicted molar refractivity (Wildman–Crippen MR) is 76.5 cm³/mol. The van der Waals surface area contributed by atoms with Gasteiger partial charge in [-0.25, -0.2) is 9.18 Å². The average Bonchev–Trinajstić information content (AvgIpc) is 2.88. The average molecular weight is 302 g/mol. The van der Waals surface area contributed by atoms with Crippen LogP contribution in [0.4, 0.5) is 4.39 Å². The highest BCUT2D eigenvalue weighted by Gasteiger charge is 2.50. The van der Waals surface area contributed by atoms with Gasteiger partial charge in [-0.05, 0) is 13.0 Å². The van der Waals surface area contributed by atoms with Crippen molar-refractivity contribution in [3.8, 4) is 0 Å². The molecule has 2 aromatic rings. The molecule has 1 unspecified atom stereocenters. The fraction of sp³-hybridized carbons (Fsp3) is 0.235. The maximum atomic E-state index is 14.0. The lowest BCUT2D eigenvalue weighted by atomic mass is 10.0. The van der Waals surface area contributed by atoms with Crippen molar-refractivity contribution in [1.82, 2.24) is 0 Å². The Labute approximate surface area is 127 Å². The zero-order chi connectivity index (χ0) is 15.7. The molecule has 5 heteroatoms. The van der Waals surface area contributed by atoms with Gasteiger partial charge in [-0.1, -0.05) is 48.5 Å². The zero-order valence-corrected chi connectivity index (χ0v) is 11.9. The lowest BCUT2D eigenvalue weighted by Crippen LogP contribution is -2.28. The normalized spacial score (nSPS) is 27.7. The summed E-state index contributed by atoms with van der Waals surface area (Å²) in [5.74, 6) is -2.94. The molecule has 0 aromatic heterocycles. The Hall–Kier alpha value is -2.24. The highest BCUT2D eigenvalue weighted by molar-refractivity contribution is 5.74. The molecule has 1 aliphatic heterocycles. The number of aliphatic carboxylic acids is 1. The summed E-state index contributed by atoms with van der Waals surface area (Å²) in [6.07, 6.45) is -2.29. The van der Waals surface area contributed by atoms with Crippen molar-refractivity contribution in [3.63, 3.8) is 0 Å². The number of carboxylic acid groups (broad SMARTS) is 1. The molecule has 0 saturated carbocycles. The van der Waals surface area contributed by atoms with Gasteiger partial charge in [0, 0.05) is 11.1 Å². The molecule has 0 radical (unpaired) electrons. The Morgan fingerprint density at radius 2 is 1.73 bits per heavy atom. The minimum absolute atomic E-state index is 0.176. The van der Waals surface area contributed by atoms with E-state index < -0.39 is 29.8 Å². The van der Waals surface area contributed by atoms with Crippen molar-refractivity contribution in [3.05, 3.63) is 71.5 Å². The van der Waals surface area contributed by atoms with Crippen LogP contribution >= 0.6 is 0 Å². The summed E-state index contributed by atoms with van der Waals surface area (Å²) in [4.78, 5) is 11.5. The first-order valence-electron chi connectivity index (χ1n) is 6.90. The minimum atomic E-state index is -1.28. The number of rotatable bonds is 3. The number of carboxylic acids is 1. The van der Waals surface area contributed by atoms with Crippen LogP contribution in [0.15, 0.2) is 54.6 Å². The van der Waals surface area contributed by atoms with Gasteiger partial charge in [0.25, 0.3) is 0 Å². The molecule has 1 N–H and O–H groups in total. The van der Waals surface area contributed by atoms with Crippen LogP contribution in [0.1, 0.15) is 24.2 Å². The van der Waals surface area contributed by atoms with Gasteiger partial charge in [0.05, 0.1) is 0 Å². The molecule has 4 nitrogen and oxygen atoms in total. The van der Waals surface area contributed by atoms with Gasteiger partial charge in [0.15, 0.2) is 11.9 Å². The maximum Gasteiger partial charge on any atom is 0.336 e. The fourth-order valence-electron chi connectivity index (χ4n) is 2.63. The third-order valence-electron chi connectivity index (χ3n) is 3.73. The highest BCUT2D eigenvalue weighted by atomic mass is 19.1. The van der Waals surface area contributed by atoms with Gasteiger partial charge in [-0.2, -0.15) is 0 Å². The van der Waals surface area contributed by atoms with E-state index in [1.807, 2.05) is 6.07 Å². The molecule has 3 rings (SSSR count). The monoisotopic (exact) mass is 302 g/mol. The van der Waals surface area contributed by atoms with Crippen molar-refractivity contribution in [2.45, 2.75) is 24.9 Å². The first-order chi connectivity index (χ1) is 10.5. The summed E-state index contributed by atoms with van der Waals surface area (Å²) in [6, 6.07) is 15.0. The quantitative estimate of drug-likeness (QED) is 0.945. The summed E-state index contributed by atoms with van der Waals surface area (Å²) in [5, 5.41) is 9.39. The molecule has 0 bridgehead atoms. The van der Waals surface area contributed by atoms with E-state index in [2.05, 4.69) is 0 Å². The first-order valence-corrected chi connectivity index (χ1v) is 6.90. The van der Waals surface area contributed by atoms with Gasteiger partial charge in [0.2, 0.25) is 0 Å². The van der Waals surface area contributed by atoms with E-state index in [1.54, 1.807) is 43.3 Å². The number of benzene rings is 2. The Morgan fingerprint density at radius 1 is 1.09 bits per heavy atom. The van der Waals surface area contributed by atoms with Crippen molar-refractivity contribution < 1.29 is 23.8 Å².